The maximum atomic E-state index is 6.87. The summed E-state index contributed by atoms with van der Waals surface area (Å²) in [7, 11) is -1.85. The Kier molecular flexibility index (Phi) is 6.19. The van der Waals surface area contributed by atoms with Crippen LogP contribution in [0.2, 0.25) is 18.1 Å². The molecule has 0 amide bonds. The average molecular weight is 438 g/mol. The Bertz CT molecular complexity index is 998. The minimum Gasteiger partial charge on any atom is -0.413 e. The molecule has 2 N–H and O–H groups in total. The quantitative estimate of drug-likeness (QED) is 0.529. The highest BCUT2D eigenvalue weighted by Gasteiger charge is 2.41. The monoisotopic (exact) mass is 437 g/mol. The van der Waals surface area contributed by atoms with Crippen LogP contribution in [0.25, 0.3) is 11.0 Å². The molecular formula is C24H35N5OSi. The van der Waals surface area contributed by atoms with Crippen LogP contribution in [0.4, 0.5) is 5.82 Å². The van der Waals surface area contributed by atoms with Crippen molar-refractivity contribution in [3.8, 4) is 0 Å². The van der Waals surface area contributed by atoms with Crippen LogP contribution >= 0.6 is 0 Å². The number of benzene rings is 1. The molecular weight excluding hydrogens is 402 g/mol. The van der Waals surface area contributed by atoms with E-state index in [0.29, 0.717) is 0 Å². The number of H-pyrrole nitrogens is 1. The van der Waals surface area contributed by atoms with Crippen molar-refractivity contribution in [3.63, 3.8) is 0 Å². The summed E-state index contributed by atoms with van der Waals surface area (Å²) in [6.07, 6.45) is 4.72. The molecule has 31 heavy (non-hydrogen) atoms. The van der Waals surface area contributed by atoms with Gasteiger partial charge in [-0.15, -0.1) is 0 Å². The van der Waals surface area contributed by atoms with Crippen LogP contribution in [-0.2, 0) is 11.0 Å². The lowest BCUT2D eigenvalue weighted by molar-refractivity contribution is 0.0675. The molecule has 4 rings (SSSR count). The molecule has 0 saturated carbocycles. The Morgan fingerprint density at radius 2 is 1.90 bits per heavy atom. The molecule has 2 atom stereocenters. The van der Waals surface area contributed by atoms with Gasteiger partial charge in [0.2, 0.25) is 0 Å². The highest BCUT2D eigenvalue weighted by atomic mass is 28.4. The van der Waals surface area contributed by atoms with Gasteiger partial charge in [-0.05, 0) is 36.2 Å². The van der Waals surface area contributed by atoms with Crippen LogP contribution in [-0.4, -0.2) is 53.4 Å². The van der Waals surface area contributed by atoms with Gasteiger partial charge in [-0.1, -0.05) is 51.1 Å². The van der Waals surface area contributed by atoms with E-state index in [9.17, 15) is 0 Å². The van der Waals surface area contributed by atoms with E-state index >= 15 is 0 Å². The normalized spacial score (nSPS) is 20.8. The van der Waals surface area contributed by atoms with Crippen molar-refractivity contribution >= 4 is 25.2 Å². The van der Waals surface area contributed by atoms with Crippen LogP contribution in [0.5, 0.6) is 0 Å². The highest BCUT2D eigenvalue weighted by Crippen LogP contribution is 2.38. The van der Waals surface area contributed by atoms with Crippen LogP contribution in [0.15, 0.2) is 48.9 Å². The number of nitrogens with zero attached hydrogens (tertiary/aromatic N) is 3. The minimum absolute atomic E-state index is 0.196. The van der Waals surface area contributed by atoms with Crippen molar-refractivity contribution in [1.82, 2.24) is 19.9 Å². The SMILES string of the molecule is CC(C)(C)[Si](C)(C)O[C@@H]1C[C@@H](Nc2ncnc3[nH]ccc23)CN(Cc2ccccc2)C1. The van der Waals surface area contributed by atoms with Crippen molar-refractivity contribution < 1.29 is 4.43 Å². The lowest BCUT2D eigenvalue weighted by Gasteiger charge is -2.44. The molecule has 1 aromatic carbocycles. The minimum atomic E-state index is -1.85. The van der Waals surface area contributed by atoms with Gasteiger partial charge in [-0.3, -0.25) is 4.90 Å². The van der Waals surface area contributed by atoms with Gasteiger partial charge >= 0.3 is 0 Å². The molecule has 1 aliphatic rings. The van der Waals surface area contributed by atoms with Gasteiger partial charge in [0.15, 0.2) is 8.32 Å². The number of aromatic amines is 1. The van der Waals surface area contributed by atoms with Crippen LogP contribution in [0.3, 0.4) is 0 Å². The average Bonchev–Trinajstić information content (AvgIpc) is 3.17. The number of rotatable bonds is 6. The van der Waals surface area contributed by atoms with Crippen molar-refractivity contribution in [2.75, 3.05) is 18.4 Å². The standard InChI is InChI=1S/C24H35N5OSi/c1-24(2,3)31(4,5)30-20-13-19(15-29(16-20)14-18-9-7-6-8-10-18)28-23-21-11-12-25-22(21)26-17-27-23/h6-12,17,19-20H,13-16H2,1-5H3,(H2,25,26,27,28)/t19-,20-/m1/s1. The van der Waals surface area contributed by atoms with Gasteiger partial charge < -0.3 is 14.7 Å². The third-order valence-electron chi connectivity index (χ3n) is 6.70. The third-order valence-corrected chi connectivity index (χ3v) is 11.2. The highest BCUT2D eigenvalue weighted by molar-refractivity contribution is 6.74. The lowest BCUT2D eigenvalue weighted by Crippen LogP contribution is -2.53. The first-order valence-corrected chi connectivity index (χ1v) is 14.1. The molecule has 166 valence electrons. The fraction of sp³-hybridized carbons (Fsp3) is 0.500. The van der Waals surface area contributed by atoms with Crippen molar-refractivity contribution in [2.45, 2.75) is 64.0 Å². The maximum absolute atomic E-state index is 6.87. The molecule has 0 aliphatic carbocycles. The topological polar surface area (TPSA) is 66.1 Å². The van der Waals surface area contributed by atoms with Crippen LogP contribution in [0, 0.1) is 0 Å². The summed E-state index contributed by atoms with van der Waals surface area (Å²) in [6, 6.07) is 13.0. The summed E-state index contributed by atoms with van der Waals surface area (Å²) in [6.45, 7) is 14.5. The van der Waals surface area contributed by atoms with Crippen molar-refractivity contribution in [1.29, 1.82) is 0 Å². The summed E-state index contributed by atoms with van der Waals surface area (Å²) in [5.41, 5.74) is 2.20. The van der Waals surface area contributed by atoms with E-state index in [1.807, 2.05) is 12.3 Å². The Balaban J connectivity index is 1.54. The number of aromatic nitrogens is 3. The van der Waals surface area contributed by atoms with Crippen LogP contribution < -0.4 is 5.32 Å². The van der Waals surface area contributed by atoms with Gasteiger partial charge in [0.25, 0.3) is 0 Å². The number of likely N-dealkylation sites (tertiary alicyclic amines) is 1. The zero-order valence-corrected chi connectivity index (χ0v) is 20.4. The first kappa shape index (κ1) is 22.0. The summed E-state index contributed by atoms with van der Waals surface area (Å²) in [5, 5.41) is 4.93. The van der Waals surface area contributed by atoms with E-state index in [1.165, 1.54) is 5.56 Å². The van der Waals surface area contributed by atoms with Gasteiger partial charge in [-0.2, -0.15) is 0 Å². The molecule has 3 aromatic rings. The zero-order valence-electron chi connectivity index (χ0n) is 19.4. The number of hydrogen-bond donors (Lipinski definition) is 2. The number of fused-ring (bicyclic) bond motifs is 1. The van der Waals surface area contributed by atoms with Gasteiger partial charge in [0, 0.05) is 31.9 Å². The maximum Gasteiger partial charge on any atom is 0.192 e. The largest absolute Gasteiger partial charge is 0.413 e. The Hall–Kier alpha value is -2.22. The fourth-order valence-corrected chi connectivity index (χ4v) is 5.43. The number of nitrogens with one attached hydrogen (secondary N) is 2. The molecule has 1 saturated heterocycles. The summed E-state index contributed by atoms with van der Waals surface area (Å²) in [4.78, 5) is 14.5. The number of piperidine rings is 1. The van der Waals surface area contributed by atoms with Gasteiger partial charge in [-0.25, -0.2) is 9.97 Å². The molecule has 3 heterocycles. The molecule has 0 bridgehead atoms. The molecule has 0 unspecified atom stereocenters. The fourth-order valence-electron chi connectivity index (χ4n) is 4.08. The Labute approximate surface area is 186 Å². The van der Waals surface area contributed by atoms with Crippen LogP contribution in [0.1, 0.15) is 32.8 Å². The Morgan fingerprint density at radius 3 is 2.65 bits per heavy atom. The second-order valence-corrected chi connectivity index (χ2v) is 15.0. The molecule has 0 spiro atoms. The summed E-state index contributed by atoms with van der Waals surface area (Å²) < 4.78 is 6.87. The van der Waals surface area contributed by atoms with E-state index in [-0.39, 0.29) is 17.2 Å². The molecule has 1 aliphatic heterocycles. The first-order valence-electron chi connectivity index (χ1n) is 11.2. The van der Waals surface area contributed by atoms with Gasteiger partial charge in [0.05, 0.1) is 11.5 Å². The smallest absolute Gasteiger partial charge is 0.192 e. The predicted molar refractivity (Wildman–Crippen MR) is 130 cm³/mol. The molecule has 0 radical (unpaired) electrons. The molecule has 1 fully saturated rings. The molecule has 7 heteroatoms. The second kappa shape index (κ2) is 8.73. The van der Waals surface area contributed by atoms with Crippen molar-refractivity contribution in [2.24, 2.45) is 0 Å². The number of anilines is 1. The molecule has 2 aromatic heterocycles. The second-order valence-electron chi connectivity index (χ2n) is 10.2. The van der Waals surface area contributed by atoms with E-state index < -0.39 is 8.32 Å². The first-order chi connectivity index (χ1) is 14.7. The van der Waals surface area contributed by atoms with Crippen molar-refractivity contribution in [3.05, 3.63) is 54.5 Å². The predicted octanol–water partition coefficient (Wildman–Crippen LogP) is 5.03. The van der Waals surface area contributed by atoms with E-state index in [0.717, 1.165) is 42.9 Å². The summed E-state index contributed by atoms with van der Waals surface area (Å²) >= 11 is 0. The lowest BCUT2D eigenvalue weighted by atomic mass is 10.0. The summed E-state index contributed by atoms with van der Waals surface area (Å²) in [5.74, 6) is 0.892. The number of hydrogen-bond acceptors (Lipinski definition) is 5. The van der Waals surface area contributed by atoms with E-state index in [1.54, 1.807) is 6.33 Å². The Morgan fingerprint density at radius 1 is 1.13 bits per heavy atom. The van der Waals surface area contributed by atoms with E-state index in [2.05, 4.69) is 89.4 Å². The zero-order chi connectivity index (χ0) is 22.1. The van der Waals surface area contributed by atoms with E-state index in [4.69, 9.17) is 4.43 Å². The molecule has 6 nitrogen and oxygen atoms in total. The van der Waals surface area contributed by atoms with Gasteiger partial charge in [0.1, 0.15) is 17.8 Å². The third kappa shape index (κ3) is 5.17.